The van der Waals surface area contributed by atoms with Crippen molar-refractivity contribution >= 4 is 10.0 Å². The van der Waals surface area contributed by atoms with Crippen LogP contribution < -0.4 is 0 Å². The SMILES string of the molecule is CCc1nncn1[C@@H]1CCN(S(=O)(=O)c2c(C)nn(C)c2C)C1. The van der Waals surface area contributed by atoms with Crippen LogP contribution >= 0.6 is 0 Å². The third-order valence-electron chi connectivity index (χ3n) is 4.52. The van der Waals surface area contributed by atoms with Crippen molar-refractivity contribution in [2.24, 2.45) is 7.05 Å². The summed E-state index contributed by atoms with van der Waals surface area (Å²) >= 11 is 0. The highest BCUT2D eigenvalue weighted by Gasteiger charge is 2.36. The lowest BCUT2D eigenvalue weighted by Gasteiger charge is -2.18. The third kappa shape index (κ3) is 2.57. The van der Waals surface area contributed by atoms with Crippen LogP contribution in [0.2, 0.25) is 0 Å². The average Bonchev–Trinajstić information content (AvgIpc) is 3.19. The predicted octanol–water partition coefficient (Wildman–Crippen LogP) is 0.827. The van der Waals surface area contributed by atoms with E-state index < -0.39 is 10.0 Å². The van der Waals surface area contributed by atoms with Crippen molar-refractivity contribution in [3.63, 3.8) is 0 Å². The summed E-state index contributed by atoms with van der Waals surface area (Å²) in [6.07, 6.45) is 3.24. The Labute approximate surface area is 136 Å². The Kier molecular flexibility index (Phi) is 4.01. The number of nitrogens with zero attached hydrogens (tertiary/aromatic N) is 6. The smallest absolute Gasteiger partial charge is 0.246 e. The molecule has 23 heavy (non-hydrogen) atoms. The Bertz CT molecular complexity index is 822. The van der Waals surface area contributed by atoms with Crippen LogP contribution in [0, 0.1) is 13.8 Å². The minimum absolute atomic E-state index is 0.0898. The first-order valence-corrected chi connectivity index (χ1v) is 9.19. The zero-order chi connectivity index (χ0) is 16.8. The number of hydrogen-bond donors (Lipinski definition) is 0. The average molecular weight is 338 g/mol. The normalized spacial score (nSPS) is 19.6. The van der Waals surface area contributed by atoms with Crippen molar-refractivity contribution in [1.82, 2.24) is 28.9 Å². The predicted molar refractivity (Wildman–Crippen MR) is 84.5 cm³/mol. The van der Waals surface area contributed by atoms with Crippen LogP contribution in [0.5, 0.6) is 0 Å². The molecule has 0 bridgehead atoms. The lowest BCUT2D eigenvalue weighted by Crippen LogP contribution is -2.30. The molecule has 1 aliphatic heterocycles. The molecule has 3 rings (SSSR count). The first-order valence-electron chi connectivity index (χ1n) is 7.75. The van der Waals surface area contributed by atoms with E-state index in [1.54, 1.807) is 36.2 Å². The van der Waals surface area contributed by atoms with Crippen LogP contribution in [0.25, 0.3) is 0 Å². The minimum atomic E-state index is -3.53. The molecule has 2 aromatic heterocycles. The van der Waals surface area contributed by atoms with E-state index in [-0.39, 0.29) is 6.04 Å². The van der Waals surface area contributed by atoms with E-state index in [2.05, 4.69) is 15.3 Å². The van der Waals surface area contributed by atoms with Crippen molar-refractivity contribution in [3.05, 3.63) is 23.5 Å². The van der Waals surface area contributed by atoms with Crippen molar-refractivity contribution in [2.75, 3.05) is 13.1 Å². The monoisotopic (exact) mass is 338 g/mol. The number of rotatable bonds is 4. The maximum absolute atomic E-state index is 13.0. The van der Waals surface area contributed by atoms with Crippen molar-refractivity contribution in [3.8, 4) is 0 Å². The van der Waals surface area contributed by atoms with Gasteiger partial charge in [-0.3, -0.25) is 4.68 Å². The van der Waals surface area contributed by atoms with Crippen LogP contribution in [-0.4, -0.2) is 50.4 Å². The van der Waals surface area contributed by atoms with Gasteiger partial charge < -0.3 is 4.57 Å². The first-order chi connectivity index (χ1) is 10.9. The topological polar surface area (TPSA) is 85.9 Å². The standard InChI is InChI=1S/C14H22N6O2S/c1-5-13-16-15-9-20(13)12-6-7-19(8-12)23(21,22)14-10(2)17-18(4)11(14)3/h9,12H,5-8H2,1-4H3/t12-/m1/s1. The van der Waals surface area contributed by atoms with E-state index in [4.69, 9.17) is 0 Å². The molecule has 0 aliphatic carbocycles. The van der Waals surface area contributed by atoms with Gasteiger partial charge in [-0.15, -0.1) is 10.2 Å². The van der Waals surface area contributed by atoms with Crippen molar-refractivity contribution < 1.29 is 8.42 Å². The largest absolute Gasteiger partial charge is 0.313 e. The fraction of sp³-hybridized carbons (Fsp3) is 0.643. The molecular weight excluding hydrogens is 316 g/mol. The van der Waals surface area contributed by atoms with Gasteiger partial charge in [0.15, 0.2) is 0 Å². The Balaban J connectivity index is 1.89. The quantitative estimate of drug-likeness (QED) is 0.824. The van der Waals surface area contributed by atoms with E-state index in [0.717, 1.165) is 18.7 Å². The summed E-state index contributed by atoms with van der Waals surface area (Å²) in [5, 5.41) is 12.3. The van der Waals surface area contributed by atoms with Crippen molar-refractivity contribution in [1.29, 1.82) is 0 Å². The number of hydrogen-bond acceptors (Lipinski definition) is 5. The zero-order valence-electron chi connectivity index (χ0n) is 13.9. The molecular formula is C14H22N6O2S. The third-order valence-corrected chi connectivity index (χ3v) is 6.64. The van der Waals surface area contributed by atoms with E-state index in [0.29, 0.717) is 29.4 Å². The van der Waals surface area contributed by atoms with Gasteiger partial charge in [0.05, 0.1) is 17.4 Å². The molecule has 1 saturated heterocycles. The van der Waals surface area contributed by atoms with Gasteiger partial charge in [-0.1, -0.05) is 6.92 Å². The van der Waals surface area contributed by atoms with Gasteiger partial charge in [0.2, 0.25) is 10.0 Å². The second-order valence-corrected chi connectivity index (χ2v) is 7.81. The molecule has 1 aliphatic rings. The van der Waals surface area contributed by atoms with Crippen LogP contribution in [0.15, 0.2) is 11.2 Å². The molecule has 8 nitrogen and oxygen atoms in total. The molecule has 0 radical (unpaired) electrons. The van der Waals surface area contributed by atoms with E-state index in [1.165, 1.54) is 0 Å². The highest BCUT2D eigenvalue weighted by molar-refractivity contribution is 7.89. The summed E-state index contributed by atoms with van der Waals surface area (Å²) < 4.78 is 31.1. The molecule has 1 fully saturated rings. The maximum Gasteiger partial charge on any atom is 0.246 e. The summed E-state index contributed by atoms with van der Waals surface area (Å²) in [6, 6.07) is 0.0898. The fourth-order valence-corrected chi connectivity index (χ4v) is 5.13. The zero-order valence-corrected chi connectivity index (χ0v) is 14.7. The summed E-state index contributed by atoms with van der Waals surface area (Å²) in [7, 11) is -1.76. The molecule has 0 spiro atoms. The highest BCUT2D eigenvalue weighted by atomic mass is 32.2. The van der Waals surface area contributed by atoms with Crippen LogP contribution in [0.3, 0.4) is 0 Å². The maximum atomic E-state index is 13.0. The van der Waals surface area contributed by atoms with Gasteiger partial charge >= 0.3 is 0 Å². The Hall–Kier alpha value is -1.74. The van der Waals surface area contributed by atoms with Gasteiger partial charge in [-0.05, 0) is 20.3 Å². The summed E-state index contributed by atoms with van der Waals surface area (Å²) in [4.78, 5) is 0.333. The molecule has 126 valence electrons. The van der Waals surface area contributed by atoms with Crippen LogP contribution in [0.1, 0.15) is 36.6 Å². The molecule has 0 unspecified atom stereocenters. The van der Waals surface area contributed by atoms with Crippen LogP contribution in [0.4, 0.5) is 0 Å². The summed E-state index contributed by atoms with van der Waals surface area (Å²) in [5.74, 6) is 0.892. The molecule has 0 aromatic carbocycles. The fourth-order valence-electron chi connectivity index (χ4n) is 3.24. The molecule has 3 heterocycles. The Morgan fingerprint density at radius 1 is 1.35 bits per heavy atom. The molecule has 1 atom stereocenters. The highest BCUT2D eigenvalue weighted by Crippen LogP contribution is 2.30. The molecule has 2 aromatic rings. The Morgan fingerprint density at radius 2 is 2.09 bits per heavy atom. The minimum Gasteiger partial charge on any atom is -0.313 e. The Morgan fingerprint density at radius 3 is 2.70 bits per heavy atom. The second-order valence-electron chi connectivity index (χ2n) is 5.94. The van der Waals surface area contributed by atoms with Gasteiger partial charge in [-0.25, -0.2) is 8.42 Å². The number of aryl methyl sites for hydroxylation is 3. The lowest BCUT2D eigenvalue weighted by atomic mass is 10.2. The summed E-state index contributed by atoms with van der Waals surface area (Å²) in [5.41, 5.74) is 1.22. The lowest BCUT2D eigenvalue weighted by molar-refractivity contribution is 0.446. The van der Waals surface area contributed by atoms with Crippen molar-refractivity contribution in [2.45, 2.75) is 44.6 Å². The van der Waals surface area contributed by atoms with Gasteiger partial charge in [0.25, 0.3) is 0 Å². The van der Waals surface area contributed by atoms with E-state index in [9.17, 15) is 8.42 Å². The van der Waals surface area contributed by atoms with Crippen LogP contribution in [-0.2, 0) is 23.5 Å². The molecule has 0 amide bonds. The number of sulfonamides is 1. The van der Waals surface area contributed by atoms with E-state index in [1.807, 2.05) is 11.5 Å². The van der Waals surface area contributed by atoms with Gasteiger partial charge in [-0.2, -0.15) is 9.40 Å². The number of aromatic nitrogens is 5. The van der Waals surface area contributed by atoms with Gasteiger partial charge in [0.1, 0.15) is 17.0 Å². The second kappa shape index (κ2) is 5.72. The van der Waals surface area contributed by atoms with E-state index >= 15 is 0 Å². The molecule has 0 saturated carbocycles. The molecule has 9 heteroatoms. The van der Waals surface area contributed by atoms with Gasteiger partial charge in [0, 0.05) is 26.6 Å². The first kappa shape index (κ1) is 16.1. The molecule has 0 N–H and O–H groups in total. The summed E-state index contributed by atoms with van der Waals surface area (Å²) in [6.45, 7) is 6.49.